The Morgan fingerprint density at radius 3 is 2.75 bits per heavy atom. The van der Waals surface area contributed by atoms with Gasteiger partial charge in [-0.3, -0.25) is 14.6 Å². The van der Waals surface area contributed by atoms with E-state index in [4.69, 9.17) is 17.3 Å². The number of halogens is 1. The lowest BCUT2D eigenvalue weighted by Gasteiger charge is -2.34. The summed E-state index contributed by atoms with van der Waals surface area (Å²) in [7, 11) is 0. The Labute approximate surface area is 122 Å². The van der Waals surface area contributed by atoms with E-state index in [2.05, 4.69) is 10.3 Å². The molecular formula is C13H17ClN4O2. The molecule has 0 atom stereocenters. The number of nitrogens with one attached hydrogen (secondary N) is 1. The molecule has 1 fully saturated rings. The van der Waals surface area contributed by atoms with Crippen LogP contribution in [-0.2, 0) is 4.79 Å². The third-order valence-corrected chi connectivity index (χ3v) is 3.64. The van der Waals surface area contributed by atoms with Gasteiger partial charge in [-0.05, 0) is 32.0 Å². The van der Waals surface area contributed by atoms with Gasteiger partial charge in [0.25, 0.3) is 5.91 Å². The van der Waals surface area contributed by atoms with E-state index in [1.54, 1.807) is 6.07 Å². The zero-order valence-corrected chi connectivity index (χ0v) is 11.8. The number of carbonyl (C=O) groups excluding carboxylic acids is 2. The Balaban J connectivity index is 2.23. The van der Waals surface area contributed by atoms with Gasteiger partial charge in [0.2, 0.25) is 5.91 Å². The number of piperidine rings is 1. The van der Waals surface area contributed by atoms with Gasteiger partial charge in [0.05, 0.1) is 17.1 Å². The predicted octanol–water partition coefficient (Wildman–Crippen LogP) is 0.414. The lowest BCUT2D eigenvalue weighted by molar-refractivity contribution is -0.119. The molecule has 1 aliphatic rings. The zero-order valence-electron chi connectivity index (χ0n) is 11.0. The summed E-state index contributed by atoms with van der Waals surface area (Å²) in [4.78, 5) is 29.2. The van der Waals surface area contributed by atoms with Crippen molar-refractivity contribution in [1.29, 1.82) is 0 Å². The number of nitrogens with two attached hydrogens (primary N) is 1. The van der Waals surface area contributed by atoms with Crippen molar-refractivity contribution in [2.45, 2.75) is 18.9 Å². The normalized spacial score (nSPS) is 15.8. The minimum atomic E-state index is -0.526. The van der Waals surface area contributed by atoms with Gasteiger partial charge >= 0.3 is 0 Å². The number of rotatable bonds is 4. The van der Waals surface area contributed by atoms with Crippen molar-refractivity contribution >= 4 is 23.4 Å². The lowest BCUT2D eigenvalue weighted by atomic mass is 10.0. The summed E-state index contributed by atoms with van der Waals surface area (Å²) >= 11 is 6.00. The van der Waals surface area contributed by atoms with E-state index in [1.807, 2.05) is 0 Å². The van der Waals surface area contributed by atoms with Crippen molar-refractivity contribution in [3.63, 3.8) is 0 Å². The van der Waals surface area contributed by atoms with Crippen LogP contribution in [0, 0.1) is 0 Å². The first kappa shape index (κ1) is 14.7. The van der Waals surface area contributed by atoms with E-state index in [1.165, 1.54) is 17.3 Å². The minimum Gasteiger partial charge on any atom is -0.368 e. The summed E-state index contributed by atoms with van der Waals surface area (Å²) in [5.74, 6) is -0.801. The second-order valence-corrected chi connectivity index (χ2v) is 5.14. The Morgan fingerprint density at radius 1 is 1.45 bits per heavy atom. The second-order valence-electron chi connectivity index (χ2n) is 4.74. The van der Waals surface area contributed by atoms with Crippen LogP contribution in [0.1, 0.15) is 23.2 Å². The first-order chi connectivity index (χ1) is 9.59. The van der Waals surface area contributed by atoms with Crippen LogP contribution < -0.4 is 11.1 Å². The van der Waals surface area contributed by atoms with Crippen molar-refractivity contribution in [3.05, 3.63) is 29.0 Å². The molecule has 6 nitrogen and oxygen atoms in total. The number of pyridine rings is 1. The first-order valence-corrected chi connectivity index (χ1v) is 6.87. The fourth-order valence-corrected chi connectivity index (χ4v) is 2.56. The molecule has 1 aliphatic heterocycles. The number of hydrogen-bond acceptors (Lipinski definition) is 4. The van der Waals surface area contributed by atoms with E-state index in [0.717, 1.165) is 25.9 Å². The van der Waals surface area contributed by atoms with E-state index < -0.39 is 5.91 Å². The highest BCUT2D eigenvalue weighted by molar-refractivity contribution is 6.33. The van der Waals surface area contributed by atoms with E-state index in [9.17, 15) is 9.59 Å². The summed E-state index contributed by atoms with van der Waals surface area (Å²) in [5.41, 5.74) is 5.61. The summed E-state index contributed by atoms with van der Waals surface area (Å²) in [6.07, 6.45) is 4.51. The molecule has 1 saturated heterocycles. The van der Waals surface area contributed by atoms with Crippen LogP contribution in [-0.4, -0.2) is 47.4 Å². The number of primary amides is 1. The van der Waals surface area contributed by atoms with E-state index in [0.29, 0.717) is 5.56 Å². The van der Waals surface area contributed by atoms with Crippen molar-refractivity contribution in [2.75, 3.05) is 19.6 Å². The third kappa shape index (κ3) is 3.46. The zero-order chi connectivity index (χ0) is 14.5. The average Bonchev–Trinajstić information content (AvgIpc) is 2.45. The molecule has 108 valence electrons. The van der Waals surface area contributed by atoms with Crippen molar-refractivity contribution in [1.82, 2.24) is 15.2 Å². The van der Waals surface area contributed by atoms with Gasteiger partial charge in [-0.1, -0.05) is 11.6 Å². The number of amides is 2. The Bertz CT molecular complexity index is 503. The molecule has 2 rings (SSSR count). The maximum Gasteiger partial charge on any atom is 0.256 e. The summed E-state index contributed by atoms with van der Waals surface area (Å²) in [6.45, 7) is 1.54. The highest BCUT2D eigenvalue weighted by Gasteiger charge is 2.28. The summed E-state index contributed by atoms with van der Waals surface area (Å²) < 4.78 is 0. The van der Waals surface area contributed by atoms with Gasteiger partial charge < -0.3 is 16.0 Å². The smallest absolute Gasteiger partial charge is 0.256 e. The fourth-order valence-electron chi connectivity index (χ4n) is 2.36. The Morgan fingerprint density at radius 2 is 2.15 bits per heavy atom. The van der Waals surface area contributed by atoms with Crippen LogP contribution >= 0.6 is 11.6 Å². The molecule has 0 unspecified atom stereocenters. The SMILES string of the molecule is NC(=O)CN(C(=O)c1ccncc1Cl)C1CCNCC1. The summed E-state index contributed by atoms with van der Waals surface area (Å²) in [5, 5.41) is 3.50. The van der Waals surface area contributed by atoms with Crippen molar-refractivity contribution in [2.24, 2.45) is 5.73 Å². The standard InChI is InChI=1S/C13H17ClN4O2/c14-11-7-17-6-3-10(11)13(20)18(8-12(15)19)9-1-4-16-5-2-9/h3,6-7,9,16H,1-2,4-5,8H2,(H2,15,19). The van der Waals surface area contributed by atoms with Crippen LogP contribution in [0.25, 0.3) is 0 Å². The van der Waals surface area contributed by atoms with Crippen LogP contribution in [0.4, 0.5) is 0 Å². The van der Waals surface area contributed by atoms with Crippen molar-refractivity contribution in [3.8, 4) is 0 Å². The predicted molar refractivity (Wildman–Crippen MR) is 75.4 cm³/mol. The molecular weight excluding hydrogens is 280 g/mol. The van der Waals surface area contributed by atoms with Crippen LogP contribution in [0.5, 0.6) is 0 Å². The average molecular weight is 297 g/mol. The molecule has 0 spiro atoms. The maximum atomic E-state index is 12.6. The molecule has 0 aliphatic carbocycles. The number of aromatic nitrogens is 1. The Kier molecular flexibility index (Phi) is 4.92. The highest BCUT2D eigenvalue weighted by atomic mass is 35.5. The topological polar surface area (TPSA) is 88.3 Å². The Hall–Kier alpha value is -1.66. The van der Waals surface area contributed by atoms with Gasteiger partial charge in [0.15, 0.2) is 0 Å². The van der Waals surface area contributed by atoms with Gasteiger partial charge in [-0.2, -0.15) is 0 Å². The van der Waals surface area contributed by atoms with Gasteiger partial charge in [0.1, 0.15) is 0 Å². The fraction of sp³-hybridized carbons (Fsp3) is 0.462. The molecule has 0 bridgehead atoms. The van der Waals surface area contributed by atoms with Gasteiger partial charge in [-0.25, -0.2) is 0 Å². The van der Waals surface area contributed by atoms with Crippen LogP contribution in [0.3, 0.4) is 0 Å². The molecule has 1 aromatic heterocycles. The quantitative estimate of drug-likeness (QED) is 0.842. The molecule has 0 radical (unpaired) electrons. The molecule has 2 amide bonds. The maximum absolute atomic E-state index is 12.6. The van der Waals surface area contributed by atoms with E-state index >= 15 is 0 Å². The molecule has 1 aromatic rings. The largest absolute Gasteiger partial charge is 0.368 e. The number of nitrogens with zero attached hydrogens (tertiary/aromatic N) is 2. The second kappa shape index (κ2) is 6.67. The highest BCUT2D eigenvalue weighted by Crippen LogP contribution is 2.20. The van der Waals surface area contributed by atoms with Gasteiger partial charge in [-0.15, -0.1) is 0 Å². The third-order valence-electron chi connectivity index (χ3n) is 3.34. The van der Waals surface area contributed by atoms with Crippen LogP contribution in [0.15, 0.2) is 18.5 Å². The first-order valence-electron chi connectivity index (χ1n) is 6.49. The lowest BCUT2D eigenvalue weighted by Crippen LogP contribution is -2.49. The number of carbonyl (C=O) groups is 2. The molecule has 0 aromatic carbocycles. The van der Waals surface area contributed by atoms with Crippen LogP contribution in [0.2, 0.25) is 5.02 Å². The monoisotopic (exact) mass is 296 g/mol. The van der Waals surface area contributed by atoms with Crippen molar-refractivity contribution < 1.29 is 9.59 Å². The minimum absolute atomic E-state index is 0.000446. The summed E-state index contributed by atoms with van der Waals surface area (Å²) in [6, 6.07) is 1.56. The van der Waals surface area contributed by atoms with Gasteiger partial charge in [0, 0.05) is 18.4 Å². The number of hydrogen-bond donors (Lipinski definition) is 2. The van der Waals surface area contributed by atoms with E-state index in [-0.39, 0.29) is 23.5 Å². The molecule has 20 heavy (non-hydrogen) atoms. The molecule has 7 heteroatoms. The molecule has 0 saturated carbocycles. The molecule has 3 N–H and O–H groups in total. The molecule has 2 heterocycles.